The Labute approximate surface area is 454 Å². The smallest absolute Gasteiger partial charge is 0.293 e. The number of nitrogens with zero attached hydrogens (tertiary/aromatic N) is 6. The number of methoxy groups -OCH3 is 1. The molecule has 3 aliphatic rings. The van der Waals surface area contributed by atoms with Crippen LogP contribution in [0.3, 0.4) is 0 Å². The molecule has 19 heteroatoms. The second kappa shape index (κ2) is 31.4. The van der Waals surface area contributed by atoms with E-state index in [0.29, 0.717) is 61.7 Å². The van der Waals surface area contributed by atoms with Crippen LogP contribution in [-0.4, -0.2) is 161 Å². The number of hydrazine groups is 1. The van der Waals surface area contributed by atoms with Crippen LogP contribution in [0.1, 0.15) is 95.7 Å². The third kappa shape index (κ3) is 18.6. The Bertz CT molecular complexity index is 2510. The molecular formula is C58H84F3N9O7. The molecule has 0 spiro atoms. The summed E-state index contributed by atoms with van der Waals surface area (Å²) in [7, 11) is 7.18. The number of anilines is 1. The first-order chi connectivity index (χ1) is 36.8. The summed E-state index contributed by atoms with van der Waals surface area (Å²) in [4.78, 5) is 68.0. The zero-order chi connectivity index (χ0) is 56.8. The van der Waals surface area contributed by atoms with Gasteiger partial charge in [0.15, 0.2) is 0 Å². The molecular weight excluding hydrogens is 992 g/mol. The molecule has 3 N–H and O–H groups in total. The molecule has 0 aliphatic carbocycles. The van der Waals surface area contributed by atoms with Crippen LogP contribution in [-0.2, 0) is 52.8 Å². The Kier molecular flexibility index (Phi) is 25.9. The number of carbonyl (C=O) groups excluding carboxylic acids is 5. The van der Waals surface area contributed by atoms with Crippen LogP contribution < -0.4 is 21.0 Å². The van der Waals surface area contributed by atoms with E-state index in [-0.39, 0.29) is 30.6 Å². The van der Waals surface area contributed by atoms with Crippen molar-refractivity contribution < 1.29 is 46.6 Å². The summed E-state index contributed by atoms with van der Waals surface area (Å²) in [5.74, 6) is -0.746. The lowest BCUT2D eigenvalue weighted by Gasteiger charge is -2.30. The van der Waals surface area contributed by atoms with E-state index in [2.05, 4.69) is 57.2 Å². The number of allylic oxidation sites excluding steroid dienone is 1. The number of hydrogen-bond acceptors (Lipinski definition) is 13. The molecule has 0 bridgehead atoms. The molecule has 4 unspecified atom stereocenters. The van der Waals surface area contributed by atoms with Crippen LogP contribution in [0.25, 0.3) is 33.3 Å². The molecule has 424 valence electrons. The standard InChI is InChI=1S/C45H58F2N6O6.C5H10FN.C5H12N2.C3H4O/c1-9-53-39-11-10-31(32-16-30(17-33(19-32)43(46)47)18-34(24-54)50-44(57)41(28(2)3)51(7)26-55)20-36(39)38(22-45(5,6)25-59-27-56)42(53)37-21-35(52-14-12-48-13-15-52)23-49-40(37)29(4)58-8;1-7-3-2-5(6)4-7;1-7-5-3-2-4-6-7;1-2-3-4/h10-11,16-17,19-21,23-24,26-29,34,41,43,48H,9,12-15,18,22,25H2,1-8H3,(H,50,57);5H,2-4H2,1H3;6H,2-5H2,1H3;2-3H,1H2. The van der Waals surface area contributed by atoms with Crippen LogP contribution in [0.4, 0.5) is 18.9 Å². The van der Waals surface area contributed by atoms with Crippen molar-refractivity contribution in [3.8, 4) is 22.4 Å². The summed E-state index contributed by atoms with van der Waals surface area (Å²) >= 11 is 0. The molecule has 4 aromatic rings. The number of nitrogens with one attached hydrogen (secondary N) is 3. The van der Waals surface area contributed by atoms with Gasteiger partial charge in [-0.1, -0.05) is 52.5 Å². The molecule has 3 aliphatic heterocycles. The van der Waals surface area contributed by atoms with Crippen LogP contribution >= 0.6 is 0 Å². The molecule has 3 saturated heterocycles. The van der Waals surface area contributed by atoms with E-state index in [9.17, 15) is 32.3 Å². The number of aromatic nitrogens is 2. The number of likely N-dealkylation sites (N-methyl/N-ethyl adjacent to an activating group) is 1. The number of fused-ring (bicyclic) bond motifs is 1. The quantitative estimate of drug-likeness (QED) is 0.0547. The summed E-state index contributed by atoms with van der Waals surface area (Å²) in [6, 6.07) is 10.9. The first kappa shape index (κ1) is 63.5. The highest BCUT2D eigenvalue weighted by atomic mass is 19.3. The summed E-state index contributed by atoms with van der Waals surface area (Å²) < 4.78 is 54.7. The van der Waals surface area contributed by atoms with Gasteiger partial charge in [0.25, 0.3) is 12.9 Å². The number of pyridine rings is 1. The number of piperazine rings is 1. The lowest BCUT2D eigenvalue weighted by atomic mass is 9.84. The second-order valence-electron chi connectivity index (χ2n) is 21.0. The Morgan fingerprint density at radius 2 is 1.70 bits per heavy atom. The maximum atomic E-state index is 14.5. The van der Waals surface area contributed by atoms with E-state index in [0.717, 1.165) is 84.8 Å². The first-order valence-corrected chi connectivity index (χ1v) is 26.6. The van der Waals surface area contributed by atoms with E-state index in [4.69, 9.17) is 19.3 Å². The van der Waals surface area contributed by atoms with Gasteiger partial charge in [-0.15, -0.1) is 0 Å². The van der Waals surface area contributed by atoms with Gasteiger partial charge in [-0.05, 0) is 112 Å². The SMILES string of the molecule is C=CC=O.CCn1c(-c2cc(N3CCNCC3)cnc2C(C)OC)c(CC(C)(C)COC=O)c2cc(-c3cc(CC(C=O)NC(=O)C(C(C)C)N(C)C=O)cc(C(F)F)c3)ccc21.CN1CCC(F)C1.CN1CCCCN1. The van der Waals surface area contributed by atoms with E-state index in [1.54, 1.807) is 27.0 Å². The molecule has 7 rings (SSSR count). The Morgan fingerprint density at radius 1 is 0.987 bits per heavy atom. The minimum atomic E-state index is -2.80. The van der Waals surface area contributed by atoms with Gasteiger partial charge < -0.3 is 44.2 Å². The van der Waals surface area contributed by atoms with E-state index >= 15 is 0 Å². The van der Waals surface area contributed by atoms with Crippen molar-refractivity contribution in [1.82, 2.24) is 40.4 Å². The number of aryl methyl sites for hydroxylation is 1. The van der Waals surface area contributed by atoms with Crippen molar-refractivity contribution in [3.05, 3.63) is 83.7 Å². The first-order valence-electron chi connectivity index (χ1n) is 26.6. The van der Waals surface area contributed by atoms with Crippen LogP contribution in [0.2, 0.25) is 0 Å². The van der Waals surface area contributed by atoms with E-state index in [1.165, 1.54) is 49.5 Å². The summed E-state index contributed by atoms with van der Waals surface area (Å²) in [6.07, 6.45) is 5.07. The molecule has 2 amide bonds. The number of hydrogen-bond donors (Lipinski definition) is 3. The third-order valence-corrected chi connectivity index (χ3v) is 13.8. The molecule has 2 aromatic carbocycles. The number of carbonyl (C=O) groups is 5. The average Bonchev–Trinajstić information content (AvgIpc) is 3.97. The average molecular weight is 1080 g/mol. The topological polar surface area (TPSA) is 171 Å². The number of benzene rings is 2. The van der Waals surface area contributed by atoms with Crippen molar-refractivity contribution in [2.45, 2.75) is 111 Å². The van der Waals surface area contributed by atoms with Crippen molar-refractivity contribution in [1.29, 1.82) is 0 Å². The maximum Gasteiger partial charge on any atom is 0.293 e. The Balaban J connectivity index is 0.000000599. The normalized spacial score (nSPS) is 17.1. The van der Waals surface area contributed by atoms with Gasteiger partial charge in [-0.25, -0.2) is 18.2 Å². The number of rotatable bonds is 21. The molecule has 5 heterocycles. The predicted octanol–water partition coefficient (Wildman–Crippen LogP) is 7.77. The van der Waals surface area contributed by atoms with Crippen LogP contribution in [0.15, 0.2) is 61.3 Å². The van der Waals surface area contributed by atoms with Gasteiger partial charge >= 0.3 is 0 Å². The fraction of sp³-hybridized carbons (Fsp3) is 0.552. The number of amides is 2. The van der Waals surface area contributed by atoms with E-state index < -0.39 is 36.0 Å². The number of aldehydes is 2. The van der Waals surface area contributed by atoms with Gasteiger partial charge in [0.1, 0.15) is 24.8 Å². The number of ether oxygens (including phenoxy) is 2. The summed E-state index contributed by atoms with van der Waals surface area (Å²) in [6.45, 7) is 23.4. The van der Waals surface area contributed by atoms with Crippen molar-refractivity contribution in [3.63, 3.8) is 0 Å². The highest BCUT2D eigenvalue weighted by molar-refractivity contribution is 5.96. The number of likely N-dealkylation sites (tertiary alicyclic amines) is 1. The molecule has 4 atom stereocenters. The molecule has 3 fully saturated rings. The number of halogens is 3. The minimum absolute atomic E-state index is 0.0376. The van der Waals surface area contributed by atoms with Crippen molar-refractivity contribution in [2.24, 2.45) is 11.3 Å². The number of alkyl halides is 3. The van der Waals surface area contributed by atoms with Crippen molar-refractivity contribution in [2.75, 3.05) is 92.1 Å². The summed E-state index contributed by atoms with van der Waals surface area (Å²) in [5, 5.41) is 9.17. The monoisotopic (exact) mass is 1080 g/mol. The van der Waals surface area contributed by atoms with Gasteiger partial charge in [0.2, 0.25) is 12.3 Å². The zero-order valence-corrected chi connectivity index (χ0v) is 47.0. The van der Waals surface area contributed by atoms with Gasteiger partial charge in [0, 0.05) is 108 Å². The molecule has 0 saturated carbocycles. The zero-order valence-electron chi connectivity index (χ0n) is 47.0. The second-order valence-corrected chi connectivity index (χ2v) is 21.0. The van der Waals surface area contributed by atoms with E-state index in [1.807, 2.05) is 57.1 Å². The van der Waals surface area contributed by atoms with Gasteiger partial charge in [-0.2, -0.15) is 0 Å². The minimum Gasteiger partial charge on any atom is -0.467 e. The largest absolute Gasteiger partial charge is 0.467 e. The lowest BCUT2D eigenvalue weighted by Crippen LogP contribution is -2.51. The molecule has 2 aromatic heterocycles. The lowest BCUT2D eigenvalue weighted by molar-refractivity contribution is -0.134. The fourth-order valence-corrected chi connectivity index (χ4v) is 9.91. The maximum absolute atomic E-state index is 14.5. The van der Waals surface area contributed by atoms with Crippen LogP contribution in [0.5, 0.6) is 0 Å². The predicted molar refractivity (Wildman–Crippen MR) is 299 cm³/mol. The van der Waals surface area contributed by atoms with Gasteiger partial charge in [0.05, 0.1) is 42.0 Å². The molecule has 16 nitrogen and oxygen atoms in total. The Hall–Kier alpha value is -5.99. The fourth-order valence-electron chi connectivity index (χ4n) is 9.91. The third-order valence-electron chi connectivity index (χ3n) is 13.8. The highest BCUT2D eigenvalue weighted by Gasteiger charge is 2.31. The van der Waals surface area contributed by atoms with Crippen LogP contribution in [0, 0.1) is 11.3 Å². The molecule has 77 heavy (non-hydrogen) atoms. The van der Waals surface area contributed by atoms with Gasteiger partial charge in [-0.3, -0.25) is 29.6 Å². The molecule has 0 radical (unpaired) electrons. The highest BCUT2D eigenvalue weighted by Crippen LogP contribution is 2.43. The summed E-state index contributed by atoms with van der Waals surface area (Å²) in [5.41, 5.74) is 9.70. The van der Waals surface area contributed by atoms with Crippen molar-refractivity contribution >= 4 is 48.0 Å². The Morgan fingerprint density at radius 3 is 2.21 bits per heavy atom.